The lowest BCUT2D eigenvalue weighted by atomic mass is 10.3. The van der Waals surface area contributed by atoms with Gasteiger partial charge in [-0.3, -0.25) is 9.59 Å². The molecule has 1 aliphatic heterocycles. The van der Waals surface area contributed by atoms with Crippen LogP contribution >= 0.6 is 27.7 Å². The Hall–Kier alpha value is -1.31. The lowest BCUT2D eigenvalue weighted by Crippen LogP contribution is -2.22. The van der Waals surface area contributed by atoms with Crippen molar-refractivity contribution in [3.63, 3.8) is 0 Å². The number of aliphatic hydroxyl groups is 1. The molecule has 2 amide bonds. The molecule has 1 aliphatic rings. The van der Waals surface area contributed by atoms with Gasteiger partial charge in [-0.05, 0) is 28.1 Å². The molecular formula is C11H9BrN2O3S. The number of rotatable bonds is 2. The molecule has 1 atom stereocenters. The smallest absolute Gasteiger partial charge is 0.265 e. The normalized spacial score (nSPS) is 21.4. The molecule has 94 valence electrons. The molecule has 0 aromatic heterocycles. The first-order valence-corrected chi connectivity index (χ1v) is 6.67. The summed E-state index contributed by atoms with van der Waals surface area (Å²) < 4.78 is 0.182. The second-order valence-corrected chi connectivity index (χ2v) is 5.31. The Labute approximate surface area is 116 Å². The van der Waals surface area contributed by atoms with E-state index in [2.05, 4.69) is 26.6 Å². The van der Waals surface area contributed by atoms with Crippen molar-refractivity contribution in [3.05, 3.63) is 39.8 Å². The minimum Gasteiger partial charge on any atom is -0.373 e. The van der Waals surface area contributed by atoms with Gasteiger partial charge in [0.2, 0.25) is 0 Å². The summed E-state index contributed by atoms with van der Waals surface area (Å²) in [4.78, 5) is 23.0. The fourth-order valence-corrected chi connectivity index (χ4v) is 2.51. The van der Waals surface area contributed by atoms with E-state index in [1.807, 2.05) is 6.07 Å². The van der Waals surface area contributed by atoms with Crippen molar-refractivity contribution < 1.29 is 14.7 Å². The van der Waals surface area contributed by atoms with Gasteiger partial charge in [-0.1, -0.05) is 30.0 Å². The summed E-state index contributed by atoms with van der Waals surface area (Å²) in [5.41, 5.74) is -0.521. The van der Waals surface area contributed by atoms with Crippen molar-refractivity contribution in [2.75, 3.05) is 5.32 Å². The number of aliphatic hydroxyl groups excluding tert-OH is 1. The molecule has 1 aromatic rings. The first-order valence-electron chi connectivity index (χ1n) is 4.99. The van der Waals surface area contributed by atoms with E-state index >= 15 is 0 Å². The van der Waals surface area contributed by atoms with Crippen molar-refractivity contribution in [1.82, 2.24) is 5.32 Å². The van der Waals surface area contributed by atoms with Gasteiger partial charge in [-0.2, -0.15) is 0 Å². The second-order valence-electron chi connectivity index (χ2n) is 3.42. The largest absolute Gasteiger partial charge is 0.373 e. The molecule has 7 heteroatoms. The summed E-state index contributed by atoms with van der Waals surface area (Å²) in [5.74, 6) is -0.919. The van der Waals surface area contributed by atoms with Crippen molar-refractivity contribution >= 4 is 45.2 Å². The first-order chi connectivity index (χ1) is 8.58. The van der Waals surface area contributed by atoms with Gasteiger partial charge in [-0.15, -0.1) is 0 Å². The quantitative estimate of drug-likeness (QED) is 0.716. The molecule has 1 fully saturated rings. The third-order valence-corrected chi connectivity index (χ3v) is 4.12. The Morgan fingerprint density at radius 2 is 2.06 bits per heavy atom. The van der Waals surface area contributed by atoms with E-state index in [0.29, 0.717) is 10.7 Å². The zero-order chi connectivity index (χ0) is 13.1. The number of hydrogen-bond donors (Lipinski definition) is 3. The van der Waals surface area contributed by atoms with E-state index < -0.39 is 17.3 Å². The van der Waals surface area contributed by atoms with Crippen LogP contribution in [0.15, 0.2) is 39.8 Å². The Balaban J connectivity index is 2.10. The molecule has 0 radical (unpaired) electrons. The second kappa shape index (κ2) is 5.55. The van der Waals surface area contributed by atoms with E-state index in [4.69, 9.17) is 0 Å². The average Bonchev–Trinajstić information content (AvgIpc) is 2.70. The molecule has 1 heterocycles. The van der Waals surface area contributed by atoms with Crippen LogP contribution in [0.4, 0.5) is 5.69 Å². The topological polar surface area (TPSA) is 78.4 Å². The number of carbonyl (C=O) groups is 2. The summed E-state index contributed by atoms with van der Waals surface area (Å²) in [6.45, 7) is 0. The summed E-state index contributed by atoms with van der Waals surface area (Å²) in [7, 11) is 0. The highest BCUT2D eigenvalue weighted by Crippen LogP contribution is 2.30. The molecule has 1 saturated heterocycles. The molecule has 0 spiro atoms. The zero-order valence-electron chi connectivity index (χ0n) is 9.01. The zero-order valence-corrected chi connectivity index (χ0v) is 11.4. The maximum atomic E-state index is 11.9. The van der Waals surface area contributed by atoms with Gasteiger partial charge in [0.25, 0.3) is 11.8 Å². The molecular weight excluding hydrogens is 320 g/mol. The number of carbonyl (C=O) groups excluding carboxylic acids is 2. The van der Waals surface area contributed by atoms with Gasteiger partial charge in [0, 0.05) is 5.69 Å². The van der Waals surface area contributed by atoms with Crippen molar-refractivity contribution in [2.24, 2.45) is 0 Å². The number of thioether (sulfide) groups is 1. The number of anilines is 1. The fraction of sp³-hybridized carbons (Fsp3) is 0.0909. The number of para-hydroxylation sites is 1. The highest BCUT2D eigenvalue weighted by atomic mass is 79.9. The number of benzene rings is 1. The molecule has 0 saturated carbocycles. The number of halogens is 1. The average molecular weight is 329 g/mol. The Kier molecular flexibility index (Phi) is 4.05. The lowest BCUT2D eigenvalue weighted by Gasteiger charge is -2.05. The van der Waals surface area contributed by atoms with Crippen LogP contribution in [0.1, 0.15) is 0 Å². The third-order valence-electron chi connectivity index (χ3n) is 2.12. The highest BCUT2D eigenvalue weighted by Gasteiger charge is 2.30. The fourth-order valence-electron chi connectivity index (χ4n) is 1.29. The molecule has 1 unspecified atom stereocenters. The summed E-state index contributed by atoms with van der Waals surface area (Å²) in [6.07, 6.45) is 0. The third kappa shape index (κ3) is 2.92. The molecule has 2 rings (SSSR count). The van der Waals surface area contributed by atoms with Crippen LogP contribution in [0.3, 0.4) is 0 Å². The van der Waals surface area contributed by atoms with Gasteiger partial charge in [0.15, 0.2) is 5.44 Å². The summed E-state index contributed by atoms with van der Waals surface area (Å²) >= 11 is 3.99. The lowest BCUT2D eigenvalue weighted by molar-refractivity contribution is -0.123. The summed E-state index contributed by atoms with van der Waals surface area (Å²) in [6, 6.07) is 8.93. The van der Waals surface area contributed by atoms with E-state index in [0.717, 1.165) is 11.8 Å². The maximum absolute atomic E-state index is 11.9. The van der Waals surface area contributed by atoms with E-state index in [9.17, 15) is 14.7 Å². The van der Waals surface area contributed by atoms with Crippen LogP contribution in [0.25, 0.3) is 0 Å². The monoisotopic (exact) mass is 328 g/mol. The minimum atomic E-state index is -1.17. The van der Waals surface area contributed by atoms with Gasteiger partial charge in [0.05, 0.1) is 5.03 Å². The first kappa shape index (κ1) is 13.1. The van der Waals surface area contributed by atoms with Crippen LogP contribution in [0, 0.1) is 0 Å². The van der Waals surface area contributed by atoms with E-state index in [1.54, 1.807) is 24.3 Å². The molecule has 1 aromatic carbocycles. The summed E-state index contributed by atoms with van der Waals surface area (Å²) in [5, 5.41) is 14.6. The predicted molar refractivity (Wildman–Crippen MR) is 72.8 cm³/mol. The van der Waals surface area contributed by atoms with Gasteiger partial charge in [-0.25, -0.2) is 0 Å². The molecule has 3 N–H and O–H groups in total. The number of amides is 2. The maximum Gasteiger partial charge on any atom is 0.265 e. The molecule has 0 aliphatic carbocycles. The SMILES string of the molecule is O=C(Nc1ccccc1)/C(Br)=C1\NC(=O)C(O)S1. The van der Waals surface area contributed by atoms with E-state index in [1.165, 1.54) is 0 Å². The van der Waals surface area contributed by atoms with Gasteiger partial charge < -0.3 is 15.7 Å². The van der Waals surface area contributed by atoms with Crippen LogP contribution in [0.2, 0.25) is 0 Å². The van der Waals surface area contributed by atoms with Crippen LogP contribution in [-0.2, 0) is 9.59 Å². The van der Waals surface area contributed by atoms with Crippen molar-refractivity contribution in [2.45, 2.75) is 5.44 Å². The predicted octanol–water partition coefficient (Wildman–Crippen LogP) is 1.37. The van der Waals surface area contributed by atoms with Gasteiger partial charge in [0.1, 0.15) is 4.48 Å². The Bertz CT molecular complexity index is 518. The Morgan fingerprint density at radius 1 is 1.39 bits per heavy atom. The van der Waals surface area contributed by atoms with Crippen molar-refractivity contribution in [1.29, 1.82) is 0 Å². The van der Waals surface area contributed by atoms with Crippen LogP contribution in [0.5, 0.6) is 0 Å². The minimum absolute atomic E-state index is 0.182. The van der Waals surface area contributed by atoms with E-state index in [-0.39, 0.29) is 4.48 Å². The molecule has 18 heavy (non-hydrogen) atoms. The van der Waals surface area contributed by atoms with Crippen LogP contribution in [-0.4, -0.2) is 22.4 Å². The Morgan fingerprint density at radius 3 is 2.61 bits per heavy atom. The molecule has 5 nitrogen and oxygen atoms in total. The highest BCUT2D eigenvalue weighted by molar-refractivity contribution is 9.12. The standard InChI is InChI=1S/C11H9BrN2O3S/c12-7(10-14-9(16)11(17)18-10)8(15)13-6-4-2-1-3-5-6/h1-5,11,17H,(H,13,15)(H,14,16)/b10-7-. The number of hydrogen-bond acceptors (Lipinski definition) is 4. The number of nitrogens with one attached hydrogen (secondary N) is 2. The molecule has 0 bridgehead atoms. The van der Waals surface area contributed by atoms with Gasteiger partial charge >= 0.3 is 0 Å². The van der Waals surface area contributed by atoms with Crippen molar-refractivity contribution in [3.8, 4) is 0 Å². The van der Waals surface area contributed by atoms with Crippen LogP contribution < -0.4 is 10.6 Å².